The summed E-state index contributed by atoms with van der Waals surface area (Å²) in [5.41, 5.74) is 0.357. The maximum Gasteiger partial charge on any atom is 0.170 e. The van der Waals surface area contributed by atoms with Gasteiger partial charge in [0.2, 0.25) is 0 Å². The molecular weight excluding hydrogens is 232 g/mol. The van der Waals surface area contributed by atoms with Gasteiger partial charge in [0.05, 0.1) is 18.4 Å². The second-order valence-corrected chi connectivity index (χ2v) is 4.52. The summed E-state index contributed by atoms with van der Waals surface area (Å²) in [4.78, 5) is 16.3. The summed E-state index contributed by atoms with van der Waals surface area (Å²) in [5.74, 6) is 1.25. The molecule has 2 aliphatic rings. The highest BCUT2D eigenvalue weighted by Gasteiger charge is 2.33. The molecule has 5 heteroatoms. The molecule has 1 aromatic rings. The highest BCUT2D eigenvalue weighted by Crippen LogP contribution is 2.34. The van der Waals surface area contributed by atoms with Crippen molar-refractivity contribution in [2.45, 2.75) is 18.8 Å². The minimum atomic E-state index is -0.0756. The van der Waals surface area contributed by atoms with Crippen LogP contribution in [0.1, 0.15) is 24.5 Å². The van der Waals surface area contributed by atoms with E-state index in [0.717, 1.165) is 12.3 Å². The van der Waals surface area contributed by atoms with Crippen LogP contribution in [0.3, 0.4) is 0 Å². The monoisotopic (exact) mass is 246 g/mol. The number of carbonyl (C=O) groups is 1. The average molecular weight is 246 g/mol. The van der Waals surface area contributed by atoms with E-state index < -0.39 is 0 Å². The molecule has 0 saturated heterocycles. The lowest BCUT2D eigenvalue weighted by Crippen LogP contribution is -2.30. The molecule has 0 aromatic carbocycles. The third-order valence-corrected chi connectivity index (χ3v) is 3.30. The Bertz CT molecular complexity index is 528. The number of aliphatic imine (C=N–C) groups is 1. The van der Waals surface area contributed by atoms with Crippen molar-refractivity contribution >= 4 is 11.6 Å². The van der Waals surface area contributed by atoms with Crippen molar-refractivity contribution in [2.75, 3.05) is 13.1 Å². The fourth-order valence-electron chi connectivity index (χ4n) is 2.45. The number of aliphatic hydroxyl groups is 1. The van der Waals surface area contributed by atoms with E-state index in [4.69, 9.17) is 4.42 Å². The molecule has 2 N–H and O–H groups in total. The number of carbonyl (C=O) groups excluding carboxylic acids is 1. The molecule has 0 fully saturated rings. The van der Waals surface area contributed by atoms with E-state index in [0.29, 0.717) is 30.8 Å². The van der Waals surface area contributed by atoms with Gasteiger partial charge in [-0.2, -0.15) is 0 Å². The van der Waals surface area contributed by atoms with Crippen LogP contribution in [-0.2, 0) is 4.79 Å². The third-order valence-electron chi connectivity index (χ3n) is 3.30. The Kier molecular flexibility index (Phi) is 2.66. The van der Waals surface area contributed by atoms with Crippen molar-refractivity contribution in [1.82, 2.24) is 5.32 Å². The highest BCUT2D eigenvalue weighted by atomic mass is 16.3. The number of amidine groups is 1. The first kappa shape index (κ1) is 11.1. The van der Waals surface area contributed by atoms with E-state index >= 15 is 0 Å². The van der Waals surface area contributed by atoms with Crippen LogP contribution in [0, 0.1) is 0 Å². The SMILES string of the molecule is O=C1CC(c2ccco2)CC(O)=C1C1=NCCN1. The van der Waals surface area contributed by atoms with Crippen LogP contribution in [-0.4, -0.2) is 29.8 Å². The number of hydrogen-bond acceptors (Lipinski definition) is 5. The van der Waals surface area contributed by atoms with Crippen LogP contribution in [0.2, 0.25) is 0 Å². The van der Waals surface area contributed by atoms with Crippen molar-refractivity contribution in [3.8, 4) is 0 Å². The molecular formula is C13H14N2O3. The zero-order valence-electron chi connectivity index (χ0n) is 9.85. The van der Waals surface area contributed by atoms with Gasteiger partial charge in [0.15, 0.2) is 5.78 Å². The minimum Gasteiger partial charge on any atom is -0.511 e. The molecule has 1 unspecified atom stereocenters. The van der Waals surface area contributed by atoms with E-state index in [-0.39, 0.29) is 17.5 Å². The zero-order valence-corrected chi connectivity index (χ0v) is 9.85. The Labute approximate surface area is 104 Å². The standard InChI is InChI=1S/C13H14N2O3/c16-9-6-8(11-2-1-5-18-11)7-10(17)12(9)13-14-3-4-15-13/h1-2,5,8,16H,3-4,6-7H2,(H,14,15). The van der Waals surface area contributed by atoms with Crippen LogP contribution in [0.5, 0.6) is 0 Å². The summed E-state index contributed by atoms with van der Waals surface area (Å²) >= 11 is 0. The smallest absolute Gasteiger partial charge is 0.170 e. The summed E-state index contributed by atoms with van der Waals surface area (Å²) in [5, 5.41) is 13.1. The molecule has 2 heterocycles. The minimum absolute atomic E-state index is 0.0711. The molecule has 1 aliphatic heterocycles. The van der Waals surface area contributed by atoms with E-state index in [1.807, 2.05) is 6.07 Å². The Morgan fingerprint density at radius 2 is 2.33 bits per heavy atom. The molecule has 0 amide bonds. The molecule has 18 heavy (non-hydrogen) atoms. The number of hydrogen-bond donors (Lipinski definition) is 2. The molecule has 5 nitrogen and oxygen atoms in total. The van der Waals surface area contributed by atoms with Crippen molar-refractivity contribution in [1.29, 1.82) is 0 Å². The first-order valence-electron chi connectivity index (χ1n) is 6.03. The Hall–Kier alpha value is -2.04. The molecule has 1 atom stereocenters. The second kappa shape index (κ2) is 4.33. The topological polar surface area (TPSA) is 74.8 Å². The van der Waals surface area contributed by atoms with Crippen LogP contribution < -0.4 is 5.32 Å². The van der Waals surface area contributed by atoms with Gasteiger partial charge in [0.25, 0.3) is 0 Å². The number of Topliss-reactive ketones (excluding diaryl/α,β-unsaturated/α-hetero) is 1. The van der Waals surface area contributed by atoms with Gasteiger partial charge >= 0.3 is 0 Å². The van der Waals surface area contributed by atoms with Gasteiger partial charge in [0, 0.05) is 25.3 Å². The van der Waals surface area contributed by atoms with E-state index in [1.165, 1.54) is 0 Å². The normalized spacial score (nSPS) is 24.1. The fourth-order valence-corrected chi connectivity index (χ4v) is 2.45. The number of allylic oxidation sites excluding steroid dienone is 1. The van der Waals surface area contributed by atoms with E-state index in [1.54, 1.807) is 12.3 Å². The Morgan fingerprint density at radius 1 is 1.44 bits per heavy atom. The van der Waals surface area contributed by atoms with Crippen LogP contribution in [0.4, 0.5) is 0 Å². The summed E-state index contributed by atoms with van der Waals surface area (Å²) in [6.07, 6.45) is 2.36. The van der Waals surface area contributed by atoms with Gasteiger partial charge in [0.1, 0.15) is 17.4 Å². The van der Waals surface area contributed by atoms with Crippen LogP contribution >= 0.6 is 0 Å². The Balaban J connectivity index is 1.89. The number of aliphatic hydroxyl groups excluding tert-OH is 1. The lowest BCUT2D eigenvalue weighted by Gasteiger charge is -2.21. The predicted octanol–water partition coefficient (Wildman–Crippen LogP) is 1.54. The van der Waals surface area contributed by atoms with Crippen molar-refractivity contribution < 1.29 is 14.3 Å². The highest BCUT2D eigenvalue weighted by molar-refractivity contribution is 6.22. The first-order valence-corrected chi connectivity index (χ1v) is 6.03. The summed E-state index contributed by atoms with van der Waals surface area (Å²) in [6, 6.07) is 3.63. The van der Waals surface area contributed by atoms with E-state index in [2.05, 4.69) is 10.3 Å². The molecule has 0 radical (unpaired) electrons. The van der Waals surface area contributed by atoms with Gasteiger partial charge < -0.3 is 14.8 Å². The number of rotatable bonds is 2. The van der Waals surface area contributed by atoms with Crippen molar-refractivity contribution in [3.05, 3.63) is 35.5 Å². The maximum atomic E-state index is 12.1. The van der Waals surface area contributed by atoms with Crippen LogP contribution in [0.25, 0.3) is 0 Å². The predicted molar refractivity (Wildman–Crippen MR) is 65.6 cm³/mol. The van der Waals surface area contributed by atoms with Crippen molar-refractivity contribution in [2.24, 2.45) is 4.99 Å². The number of nitrogens with one attached hydrogen (secondary N) is 1. The molecule has 3 rings (SSSR count). The van der Waals surface area contributed by atoms with Gasteiger partial charge in [-0.25, -0.2) is 0 Å². The van der Waals surface area contributed by atoms with Crippen molar-refractivity contribution in [3.63, 3.8) is 0 Å². The summed E-state index contributed by atoms with van der Waals surface area (Å²) in [6.45, 7) is 1.38. The fraction of sp³-hybridized carbons (Fsp3) is 0.385. The van der Waals surface area contributed by atoms with Gasteiger partial charge in [-0.15, -0.1) is 0 Å². The lowest BCUT2D eigenvalue weighted by molar-refractivity contribution is -0.116. The van der Waals surface area contributed by atoms with Gasteiger partial charge in [-0.05, 0) is 12.1 Å². The first-order chi connectivity index (χ1) is 8.75. The van der Waals surface area contributed by atoms with Crippen LogP contribution in [0.15, 0.2) is 39.1 Å². The lowest BCUT2D eigenvalue weighted by atomic mass is 9.85. The molecule has 0 saturated carbocycles. The number of furan rings is 1. The largest absolute Gasteiger partial charge is 0.511 e. The molecule has 1 aliphatic carbocycles. The molecule has 94 valence electrons. The number of nitrogens with zero attached hydrogens (tertiary/aromatic N) is 1. The zero-order chi connectivity index (χ0) is 12.5. The van der Waals surface area contributed by atoms with E-state index in [9.17, 15) is 9.90 Å². The average Bonchev–Trinajstić information content (AvgIpc) is 3.01. The maximum absolute atomic E-state index is 12.1. The Morgan fingerprint density at radius 3 is 2.94 bits per heavy atom. The molecule has 0 bridgehead atoms. The van der Waals surface area contributed by atoms with Gasteiger partial charge in [-0.3, -0.25) is 9.79 Å². The third kappa shape index (κ3) is 1.81. The van der Waals surface area contributed by atoms with Gasteiger partial charge in [-0.1, -0.05) is 0 Å². The summed E-state index contributed by atoms with van der Waals surface area (Å²) < 4.78 is 5.30. The second-order valence-electron chi connectivity index (χ2n) is 4.52. The summed E-state index contributed by atoms with van der Waals surface area (Å²) in [7, 11) is 0. The number of ketones is 1. The molecule has 1 aromatic heterocycles. The molecule has 0 spiro atoms. The quantitative estimate of drug-likeness (QED) is 0.830.